The molecule has 0 saturated heterocycles. The van der Waals surface area contributed by atoms with E-state index in [0.717, 1.165) is 0 Å². The van der Waals surface area contributed by atoms with Crippen LogP contribution in [0.1, 0.15) is 10.5 Å². The van der Waals surface area contributed by atoms with E-state index < -0.39 is 23.3 Å². The maximum Gasteiger partial charge on any atom is 0.358 e. The molecular formula is C12H8BrF2N3O3. The number of carboxylic acid groups (broad SMARTS) is 1. The molecule has 0 aliphatic rings. The quantitative estimate of drug-likeness (QED) is 0.816. The van der Waals surface area contributed by atoms with Gasteiger partial charge in [0.2, 0.25) is 0 Å². The van der Waals surface area contributed by atoms with E-state index in [1.54, 1.807) is 0 Å². The summed E-state index contributed by atoms with van der Waals surface area (Å²) in [6.45, 7) is 0. The van der Waals surface area contributed by atoms with Gasteiger partial charge in [0.05, 0.1) is 17.1 Å². The first-order valence-corrected chi connectivity index (χ1v) is 6.24. The van der Waals surface area contributed by atoms with Gasteiger partial charge in [-0.1, -0.05) is 0 Å². The van der Waals surface area contributed by atoms with E-state index in [0.29, 0.717) is 0 Å². The number of hydrogen-bond donors (Lipinski definition) is 2. The Morgan fingerprint density at radius 3 is 2.57 bits per heavy atom. The number of aromatic nitrogens is 2. The predicted molar refractivity (Wildman–Crippen MR) is 73.0 cm³/mol. The second kappa shape index (κ2) is 5.60. The molecule has 3 N–H and O–H groups in total. The van der Waals surface area contributed by atoms with Gasteiger partial charge < -0.3 is 15.6 Å². The molecule has 110 valence electrons. The normalized spacial score (nSPS) is 10.5. The minimum atomic E-state index is -1.43. The number of anilines is 1. The number of methoxy groups -OCH3 is 1. The van der Waals surface area contributed by atoms with Crippen LogP contribution < -0.4 is 10.5 Å². The second-order valence-electron chi connectivity index (χ2n) is 3.84. The van der Waals surface area contributed by atoms with E-state index in [1.807, 2.05) is 0 Å². The molecule has 0 aliphatic heterocycles. The van der Waals surface area contributed by atoms with E-state index in [9.17, 15) is 13.6 Å². The van der Waals surface area contributed by atoms with Crippen LogP contribution in [0, 0.1) is 11.6 Å². The molecule has 1 aromatic heterocycles. The number of carboxylic acids is 1. The highest BCUT2D eigenvalue weighted by atomic mass is 79.9. The molecule has 1 heterocycles. The Morgan fingerprint density at radius 1 is 1.33 bits per heavy atom. The number of benzene rings is 1. The lowest BCUT2D eigenvalue weighted by molar-refractivity contribution is 0.0686. The second-order valence-corrected chi connectivity index (χ2v) is 4.70. The number of hydrogen-bond acceptors (Lipinski definition) is 5. The highest BCUT2D eigenvalue weighted by molar-refractivity contribution is 9.10. The fourth-order valence-electron chi connectivity index (χ4n) is 1.63. The molecule has 0 atom stereocenters. The molecule has 0 fully saturated rings. The Hall–Kier alpha value is -2.29. The summed E-state index contributed by atoms with van der Waals surface area (Å²) in [6, 6.07) is 2.45. The zero-order valence-corrected chi connectivity index (χ0v) is 12.1. The van der Waals surface area contributed by atoms with Crippen LogP contribution >= 0.6 is 15.9 Å². The summed E-state index contributed by atoms with van der Waals surface area (Å²) >= 11 is 2.83. The Morgan fingerprint density at radius 2 is 2.00 bits per heavy atom. The molecule has 0 unspecified atom stereocenters. The topological polar surface area (TPSA) is 98.3 Å². The zero-order chi connectivity index (χ0) is 15.7. The molecule has 0 bridgehead atoms. The highest BCUT2D eigenvalue weighted by Crippen LogP contribution is 2.30. The first-order chi connectivity index (χ1) is 9.86. The lowest BCUT2D eigenvalue weighted by Crippen LogP contribution is -2.10. The molecular weight excluding hydrogens is 352 g/mol. The minimum Gasteiger partial charge on any atom is -0.491 e. The summed E-state index contributed by atoms with van der Waals surface area (Å²) in [5.41, 5.74) is 4.71. The van der Waals surface area contributed by atoms with Crippen molar-refractivity contribution in [3.8, 4) is 17.1 Å². The largest absolute Gasteiger partial charge is 0.491 e. The fourth-order valence-corrected chi connectivity index (χ4v) is 1.94. The van der Waals surface area contributed by atoms with Crippen LogP contribution in [0.15, 0.2) is 16.6 Å². The van der Waals surface area contributed by atoms with Gasteiger partial charge in [0, 0.05) is 0 Å². The maximum absolute atomic E-state index is 13.9. The standard InChI is InChI=1S/C12H8BrF2N3O3/c1-21-9-8(12(19)20)17-11(18-10(9)16)4-2-3-5(13)7(15)6(4)14/h2-3H,1H3,(H,19,20)(H2,16,17,18). The summed E-state index contributed by atoms with van der Waals surface area (Å²) in [5, 5.41) is 9.06. The molecule has 0 aliphatic carbocycles. The smallest absolute Gasteiger partial charge is 0.358 e. The first-order valence-electron chi connectivity index (χ1n) is 5.45. The van der Waals surface area contributed by atoms with E-state index in [-0.39, 0.29) is 27.4 Å². The first kappa shape index (κ1) is 15.1. The summed E-state index contributed by atoms with van der Waals surface area (Å²) in [4.78, 5) is 18.5. The molecule has 1 aromatic carbocycles. The number of rotatable bonds is 3. The Balaban J connectivity index is 2.71. The Kier molecular flexibility index (Phi) is 4.03. The van der Waals surface area contributed by atoms with Crippen LogP contribution in [0.2, 0.25) is 0 Å². The molecule has 21 heavy (non-hydrogen) atoms. The van der Waals surface area contributed by atoms with Crippen molar-refractivity contribution in [3.05, 3.63) is 33.9 Å². The zero-order valence-electron chi connectivity index (χ0n) is 10.5. The van der Waals surface area contributed by atoms with Gasteiger partial charge in [-0.25, -0.2) is 23.5 Å². The molecule has 9 heteroatoms. The highest BCUT2D eigenvalue weighted by Gasteiger charge is 2.22. The van der Waals surface area contributed by atoms with Gasteiger partial charge in [-0.3, -0.25) is 0 Å². The Labute approximate surface area is 125 Å². The van der Waals surface area contributed by atoms with Crippen LogP contribution in [0.25, 0.3) is 11.4 Å². The summed E-state index contributed by atoms with van der Waals surface area (Å²) in [6.07, 6.45) is 0. The molecule has 0 radical (unpaired) electrons. The van der Waals surface area contributed by atoms with E-state index in [4.69, 9.17) is 15.6 Å². The molecule has 2 rings (SSSR count). The van der Waals surface area contributed by atoms with Crippen LogP contribution in [-0.4, -0.2) is 28.2 Å². The summed E-state index contributed by atoms with van der Waals surface area (Å²) in [7, 11) is 1.20. The van der Waals surface area contributed by atoms with Crippen molar-refractivity contribution in [2.24, 2.45) is 0 Å². The van der Waals surface area contributed by atoms with Gasteiger partial charge in [-0.2, -0.15) is 0 Å². The van der Waals surface area contributed by atoms with E-state index in [1.165, 1.54) is 19.2 Å². The van der Waals surface area contributed by atoms with Crippen LogP contribution in [0.5, 0.6) is 5.75 Å². The van der Waals surface area contributed by atoms with Crippen molar-refractivity contribution in [1.82, 2.24) is 9.97 Å². The Bertz CT molecular complexity index is 740. The number of nitrogens with two attached hydrogens (primary N) is 1. The van der Waals surface area contributed by atoms with Gasteiger partial charge >= 0.3 is 5.97 Å². The number of carbonyl (C=O) groups is 1. The average Bonchev–Trinajstić information content (AvgIpc) is 2.44. The number of halogens is 3. The molecule has 6 nitrogen and oxygen atoms in total. The lowest BCUT2D eigenvalue weighted by atomic mass is 10.2. The number of nitrogens with zero attached hydrogens (tertiary/aromatic N) is 2. The van der Waals surface area contributed by atoms with E-state index >= 15 is 0 Å². The monoisotopic (exact) mass is 359 g/mol. The average molecular weight is 360 g/mol. The minimum absolute atomic E-state index is 0.0799. The van der Waals surface area contributed by atoms with Crippen molar-refractivity contribution in [2.45, 2.75) is 0 Å². The van der Waals surface area contributed by atoms with E-state index in [2.05, 4.69) is 25.9 Å². The van der Waals surface area contributed by atoms with Gasteiger partial charge in [-0.05, 0) is 28.1 Å². The fraction of sp³-hybridized carbons (Fsp3) is 0.0833. The maximum atomic E-state index is 13.9. The third kappa shape index (κ3) is 2.64. The van der Waals surface area contributed by atoms with Crippen LogP contribution in [-0.2, 0) is 0 Å². The number of aromatic carboxylic acids is 1. The van der Waals surface area contributed by atoms with Gasteiger partial charge in [0.25, 0.3) is 0 Å². The van der Waals surface area contributed by atoms with Gasteiger partial charge in [0.1, 0.15) is 0 Å². The molecule has 0 spiro atoms. The van der Waals surface area contributed by atoms with Crippen LogP contribution in [0.4, 0.5) is 14.6 Å². The van der Waals surface area contributed by atoms with Crippen molar-refractivity contribution >= 4 is 27.7 Å². The van der Waals surface area contributed by atoms with Gasteiger partial charge in [0.15, 0.2) is 34.7 Å². The third-order valence-corrected chi connectivity index (χ3v) is 3.19. The van der Waals surface area contributed by atoms with Gasteiger partial charge in [-0.15, -0.1) is 0 Å². The summed E-state index contributed by atoms with van der Waals surface area (Å²) < 4.78 is 32.1. The van der Waals surface area contributed by atoms with Crippen molar-refractivity contribution in [1.29, 1.82) is 0 Å². The molecule has 2 aromatic rings. The van der Waals surface area contributed by atoms with Crippen molar-refractivity contribution in [2.75, 3.05) is 12.8 Å². The lowest BCUT2D eigenvalue weighted by Gasteiger charge is -2.10. The number of ether oxygens (including phenoxy) is 1. The molecule has 0 saturated carbocycles. The number of nitrogen functional groups attached to an aromatic ring is 1. The SMILES string of the molecule is COc1c(N)nc(-c2ccc(Br)c(F)c2F)nc1C(=O)O. The van der Waals surface area contributed by atoms with Crippen molar-refractivity contribution in [3.63, 3.8) is 0 Å². The van der Waals surface area contributed by atoms with Crippen molar-refractivity contribution < 1.29 is 23.4 Å². The summed E-state index contributed by atoms with van der Waals surface area (Å²) in [5.74, 6) is -4.67. The predicted octanol–water partition coefficient (Wildman–Crippen LogP) is 2.47. The third-order valence-electron chi connectivity index (χ3n) is 2.57. The molecule has 0 amide bonds. The van der Waals surface area contributed by atoms with Crippen LogP contribution in [0.3, 0.4) is 0 Å².